The summed E-state index contributed by atoms with van der Waals surface area (Å²) in [6.45, 7) is 31.0. The predicted molar refractivity (Wildman–Crippen MR) is 264 cm³/mol. The highest BCUT2D eigenvalue weighted by atomic mass is 28.3. The number of unbranched alkanes of at least 4 members (excludes halogenated alkanes) is 6. The van der Waals surface area contributed by atoms with E-state index < -0.39 is 13.7 Å². The number of benzene rings is 3. The zero-order valence-electron chi connectivity index (χ0n) is 40.7. The average molecular weight is 842 g/mol. The van der Waals surface area contributed by atoms with Gasteiger partial charge in [0, 0.05) is 11.6 Å². The Bertz CT molecular complexity index is 1940. The molecule has 2 fully saturated rings. The van der Waals surface area contributed by atoms with Gasteiger partial charge in [-0.15, -0.1) is 0 Å². The standard InChI is InChI=1S/C57H83NO2Si/c1-13-15-17-24-30-59-53-39(3)33-45(34-40(53)4)57(46-35-41(5)54(42(6)36-46)60-31-25-18-16-14-2)51-29-23-22-28-48(51)50-37-44-32-43(7)55(49(44)38-52(50)57)61(11,12)58(56(8,9)10)47-26-20-19-21-27-47/h22-23,28-29,33-38,43-44,47,49,55H,13-21,24-27,30-32H2,1-12H3. The summed E-state index contributed by atoms with van der Waals surface area (Å²) in [6.07, 6.45) is 23.5. The van der Waals surface area contributed by atoms with Crippen LogP contribution in [0.3, 0.4) is 0 Å². The molecule has 0 radical (unpaired) electrons. The van der Waals surface area contributed by atoms with Crippen molar-refractivity contribution in [1.82, 2.24) is 4.57 Å². The van der Waals surface area contributed by atoms with Crippen LogP contribution in [0.1, 0.15) is 176 Å². The van der Waals surface area contributed by atoms with Crippen LogP contribution in [0.15, 0.2) is 66.3 Å². The lowest BCUT2D eigenvalue weighted by molar-refractivity contribution is 0.139. The first-order valence-electron chi connectivity index (χ1n) is 25.0. The first-order valence-corrected chi connectivity index (χ1v) is 28.0. The molecule has 4 atom stereocenters. The molecule has 4 aliphatic carbocycles. The maximum atomic E-state index is 6.64. The topological polar surface area (TPSA) is 21.7 Å². The molecule has 2 saturated carbocycles. The molecule has 3 nitrogen and oxygen atoms in total. The second-order valence-electron chi connectivity index (χ2n) is 21.6. The van der Waals surface area contributed by atoms with Crippen LogP contribution in [0.5, 0.6) is 11.5 Å². The molecule has 0 spiro atoms. The fourth-order valence-electron chi connectivity index (χ4n) is 13.7. The minimum atomic E-state index is -1.99. The van der Waals surface area contributed by atoms with Gasteiger partial charge in [-0.1, -0.05) is 152 Å². The second-order valence-corrected chi connectivity index (χ2v) is 26.1. The molecule has 3 aromatic carbocycles. The van der Waals surface area contributed by atoms with Crippen LogP contribution in [-0.4, -0.2) is 37.6 Å². The van der Waals surface area contributed by atoms with Gasteiger partial charge < -0.3 is 14.0 Å². The Morgan fingerprint density at radius 3 is 1.74 bits per heavy atom. The molecule has 0 aliphatic heterocycles. The summed E-state index contributed by atoms with van der Waals surface area (Å²) in [5.41, 5.74) is 13.9. The van der Waals surface area contributed by atoms with Gasteiger partial charge >= 0.3 is 0 Å². The van der Waals surface area contributed by atoms with Crippen LogP contribution in [0.4, 0.5) is 0 Å². The molecule has 0 N–H and O–H groups in total. The summed E-state index contributed by atoms with van der Waals surface area (Å²) in [6, 6.07) is 20.2. The first kappa shape index (κ1) is 45.9. The monoisotopic (exact) mass is 842 g/mol. The maximum Gasteiger partial charge on any atom is 0.127 e. The largest absolute Gasteiger partial charge is 0.493 e. The van der Waals surface area contributed by atoms with E-state index in [0.717, 1.165) is 37.6 Å². The van der Waals surface area contributed by atoms with Gasteiger partial charge in [0.2, 0.25) is 0 Å². The molecular weight excluding hydrogens is 759 g/mol. The fourth-order valence-corrected chi connectivity index (χ4v) is 19.7. The molecule has 0 amide bonds. The third-order valence-corrected chi connectivity index (χ3v) is 20.5. The number of nitrogens with zero attached hydrogens (tertiary/aromatic N) is 1. The molecule has 4 heteroatoms. The van der Waals surface area contributed by atoms with Gasteiger partial charge in [0.15, 0.2) is 0 Å². The Balaban J connectivity index is 1.41. The first-order chi connectivity index (χ1) is 29.2. The lowest BCUT2D eigenvalue weighted by atomic mass is 9.64. The lowest BCUT2D eigenvalue weighted by Gasteiger charge is -2.56. The van der Waals surface area contributed by atoms with Crippen LogP contribution in [-0.2, 0) is 5.41 Å². The molecule has 61 heavy (non-hydrogen) atoms. The maximum absolute atomic E-state index is 6.64. The van der Waals surface area contributed by atoms with Crippen LogP contribution in [0.2, 0.25) is 18.6 Å². The van der Waals surface area contributed by atoms with Crippen molar-refractivity contribution in [3.8, 4) is 11.5 Å². The van der Waals surface area contributed by atoms with Crippen LogP contribution < -0.4 is 9.47 Å². The van der Waals surface area contributed by atoms with E-state index in [1.54, 1.807) is 0 Å². The van der Waals surface area contributed by atoms with E-state index >= 15 is 0 Å². The second kappa shape index (κ2) is 18.9. The summed E-state index contributed by atoms with van der Waals surface area (Å²) in [5.74, 6) is 3.88. The molecule has 7 rings (SSSR count). The molecule has 0 bridgehead atoms. The van der Waals surface area contributed by atoms with E-state index in [1.165, 1.54) is 133 Å². The van der Waals surface area contributed by atoms with Gasteiger partial charge in [0.1, 0.15) is 19.7 Å². The van der Waals surface area contributed by atoms with Gasteiger partial charge in [0.05, 0.1) is 18.6 Å². The van der Waals surface area contributed by atoms with Crippen molar-refractivity contribution in [3.63, 3.8) is 0 Å². The molecule has 332 valence electrons. The number of hydrogen-bond acceptors (Lipinski definition) is 3. The normalized spacial score (nSPS) is 22.4. The molecule has 4 aliphatic rings. The van der Waals surface area contributed by atoms with Crippen molar-refractivity contribution in [2.24, 2.45) is 17.8 Å². The highest BCUT2D eigenvalue weighted by molar-refractivity contribution is 6.76. The number of allylic oxidation sites excluding steroid dienone is 4. The molecule has 0 saturated heterocycles. The summed E-state index contributed by atoms with van der Waals surface area (Å²) >= 11 is 0. The van der Waals surface area contributed by atoms with E-state index in [0.29, 0.717) is 29.3 Å². The number of fused-ring (bicyclic) bond motifs is 4. The van der Waals surface area contributed by atoms with Gasteiger partial charge in [-0.25, -0.2) is 0 Å². The zero-order valence-corrected chi connectivity index (χ0v) is 41.7. The van der Waals surface area contributed by atoms with Crippen LogP contribution in [0, 0.1) is 45.4 Å². The zero-order chi connectivity index (χ0) is 43.7. The fraction of sp³-hybridized carbons (Fsp3) is 0.614. The highest BCUT2D eigenvalue weighted by Gasteiger charge is 2.57. The number of rotatable bonds is 17. The van der Waals surface area contributed by atoms with Gasteiger partial charge in [-0.2, -0.15) is 0 Å². The van der Waals surface area contributed by atoms with E-state index in [4.69, 9.17) is 9.47 Å². The third kappa shape index (κ3) is 8.77. The summed E-state index contributed by atoms with van der Waals surface area (Å²) in [5, 5.41) is 0. The Hall–Kier alpha value is -3.08. The molecule has 0 heterocycles. The Morgan fingerprint density at radius 2 is 1.23 bits per heavy atom. The Kier molecular flexibility index (Phi) is 14.3. The average Bonchev–Trinajstić information content (AvgIpc) is 3.69. The van der Waals surface area contributed by atoms with Gasteiger partial charge in [0.25, 0.3) is 0 Å². The number of aryl methyl sites for hydroxylation is 4. The third-order valence-electron chi connectivity index (χ3n) is 15.6. The van der Waals surface area contributed by atoms with Gasteiger partial charge in [-0.3, -0.25) is 0 Å². The van der Waals surface area contributed by atoms with Crippen molar-refractivity contribution in [2.45, 2.75) is 195 Å². The summed E-state index contributed by atoms with van der Waals surface area (Å²) in [4.78, 5) is 0. The minimum absolute atomic E-state index is 0.148. The van der Waals surface area contributed by atoms with E-state index in [2.05, 4.69) is 148 Å². The van der Waals surface area contributed by atoms with Crippen molar-refractivity contribution in [3.05, 3.63) is 111 Å². The lowest BCUT2D eigenvalue weighted by Crippen LogP contribution is -2.65. The summed E-state index contributed by atoms with van der Waals surface area (Å²) < 4.78 is 16.4. The van der Waals surface area contributed by atoms with E-state index in [-0.39, 0.29) is 5.54 Å². The summed E-state index contributed by atoms with van der Waals surface area (Å²) in [7, 11) is -1.99. The van der Waals surface area contributed by atoms with E-state index in [9.17, 15) is 0 Å². The van der Waals surface area contributed by atoms with Crippen LogP contribution in [0.25, 0.3) is 5.57 Å². The number of hydrogen-bond donors (Lipinski definition) is 0. The molecular formula is C57H83NO2Si. The number of ether oxygens (including phenoxy) is 2. The van der Waals surface area contributed by atoms with Crippen molar-refractivity contribution in [2.75, 3.05) is 13.2 Å². The van der Waals surface area contributed by atoms with Crippen molar-refractivity contribution in [1.29, 1.82) is 0 Å². The predicted octanol–water partition coefficient (Wildman–Crippen LogP) is 15.8. The molecule has 4 unspecified atom stereocenters. The Morgan fingerprint density at radius 1 is 0.705 bits per heavy atom. The Labute approximate surface area is 374 Å². The highest BCUT2D eigenvalue weighted by Crippen LogP contribution is 2.64. The molecule has 3 aromatic rings. The molecule has 0 aromatic heterocycles. The van der Waals surface area contributed by atoms with Crippen molar-refractivity contribution >= 4 is 13.8 Å². The van der Waals surface area contributed by atoms with Gasteiger partial charge in [-0.05, 0) is 160 Å². The van der Waals surface area contributed by atoms with E-state index in [1.807, 2.05) is 0 Å². The van der Waals surface area contributed by atoms with Crippen LogP contribution >= 0.6 is 0 Å². The smallest absolute Gasteiger partial charge is 0.127 e. The minimum Gasteiger partial charge on any atom is -0.493 e. The SMILES string of the molecule is CCCCCCOc1c(C)cc(C2(c3cc(C)c(OCCCCCC)c(C)c3)C3=CC4C(C=C3c3ccccc32)CC(C)C4[Si](C)(C)N(C2CCCCC2)C(C)(C)C)cc1C. The van der Waals surface area contributed by atoms with Crippen molar-refractivity contribution < 1.29 is 9.47 Å². The quantitative estimate of drug-likeness (QED) is 0.0998.